The molecule has 0 fully saturated rings. The van der Waals surface area contributed by atoms with Gasteiger partial charge in [-0.3, -0.25) is 0 Å². The highest BCUT2D eigenvalue weighted by atomic mass is 32.2. The maximum Gasteiger partial charge on any atom is 0.243 e. The van der Waals surface area contributed by atoms with Gasteiger partial charge in [0.1, 0.15) is 0 Å². The van der Waals surface area contributed by atoms with Crippen LogP contribution in [0, 0.1) is 12.3 Å². The van der Waals surface area contributed by atoms with Crippen molar-refractivity contribution in [1.82, 2.24) is 4.31 Å². The monoisotopic (exact) mass is 373 g/mol. The van der Waals surface area contributed by atoms with Gasteiger partial charge in [-0.1, -0.05) is 61.0 Å². The van der Waals surface area contributed by atoms with E-state index in [9.17, 15) is 13.5 Å². The number of aliphatic hydroxyl groups is 1. The summed E-state index contributed by atoms with van der Waals surface area (Å²) >= 11 is 0. The normalized spacial score (nSPS) is 15.4. The van der Waals surface area contributed by atoms with E-state index in [4.69, 9.17) is 0 Å². The summed E-state index contributed by atoms with van der Waals surface area (Å²) in [6, 6.07) is 15.9. The van der Waals surface area contributed by atoms with Crippen molar-refractivity contribution in [2.75, 3.05) is 13.2 Å². The number of rotatable bonds is 8. The lowest BCUT2D eigenvalue weighted by Gasteiger charge is -2.35. The van der Waals surface area contributed by atoms with Gasteiger partial charge in [-0.05, 0) is 31.5 Å². The van der Waals surface area contributed by atoms with E-state index < -0.39 is 15.4 Å². The van der Waals surface area contributed by atoms with Gasteiger partial charge in [-0.15, -0.1) is 6.58 Å². The average Bonchev–Trinajstić information content (AvgIpc) is 2.66. The summed E-state index contributed by atoms with van der Waals surface area (Å²) < 4.78 is 28.2. The number of sulfonamides is 1. The predicted molar refractivity (Wildman–Crippen MR) is 105 cm³/mol. The molecule has 0 saturated carbocycles. The zero-order valence-electron chi connectivity index (χ0n) is 15.6. The molecule has 0 heterocycles. The number of aliphatic hydroxyl groups excluding tert-OH is 1. The highest BCUT2D eigenvalue weighted by Crippen LogP contribution is 2.32. The van der Waals surface area contributed by atoms with Crippen molar-refractivity contribution in [3.8, 4) is 0 Å². The second-order valence-corrected chi connectivity index (χ2v) is 8.86. The summed E-state index contributed by atoms with van der Waals surface area (Å²) in [6.45, 7) is 9.31. The van der Waals surface area contributed by atoms with Gasteiger partial charge in [0.15, 0.2) is 0 Å². The minimum atomic E-state index is -3.74. The van der Waals surface area contributed by atoms with Crippen LogP contribution in [0.3, 0.4) is 0 Å². The summed E-state index contributed by atoms with van der Waals surface area (Å²) in [6.07, 6.45) is 1.61. The molecule has 2 aromatic carbocycles. The Morgan fingerprint density at radius 3 is 2.23 bits per heavy atom. The van der Waals surface area contributed by atoms with Crippen LogP contribution in [-0.2, 0) is 10.0 Å². The fourth-order valence-corrected chi connectivity index (χ4v) is 4.46. The van der Waals surface area contributed by atoms with Crippen molar-refractivity contribution in [2.24, 2.45) is 5.41 Å². The van der Waals surface area contributed by atoms with Crippen LogP contribution in [0.1, 0.15) is 31.0 Å². The van der Waals surface area contributed by atoms with Crippen LogP contribution in [0.2, 0.25) is 0 Å². The van der Waals surface area contributed by atoms with Crippen LogP contribution < -0.4 is 0 Å². The Bertz CT molecular complexity index is 831. The molecule has 140 valence electrons. The van der Waals surface area contributed by atoms with Gasteiger partial charge >= 0.3 is 0 Å². The molecule has 5 heteroatoms. The van der Waals surface area contributed by atoms with Gasteiger partial charge in [-0.25, -0.2) is 8.42 Å². The molecule has 0 amide bonds. The molecule has 2 aromatic rings. The summed E-state index contributed by atoms with van der Waals surface area (Å²) in [5.41, 5.74) is 1.16. The van der Waals surface area contributed by atoms with Crippen molar-refractivity contribution in [3.63, 3.8) is 0 Å². The van der Waals surface area contributed by atoms with E-state index >= 15 is 0 Å². The fourth-order valence-electron chi connectivity index (χ4n) is 2.71. The minimum absolute atomic E-state index is 0.138. The second kappa shape index (κ2) is 8.16. The topological polar surface area (TPSA) is 57.6 Å². The molecule has 2 rings (SSSR count). The molecule has 0 aliphatic rings. The van der Waals surface area contributed by atoms with Gasteiger partial charge in [0, 0.05) is 18.0 Å². The Hall–Kier alpha value is -1.95. The first kappa shape index (κ1) is 20.4. The summed E-state index contributed by atoms with van der Waals surface area (Å²) in [4.78, 5) is 0.246. The van der Waals surface area contributed by atoms with Crippen molar-refractivity contribution in [3.05, 3.63) is 78.4 Å². The van der Waals surface area contributed by atoms with Crippen LogP contribution >= 0.6 is 0 Å². The average molecular weight is 374 g/mol. The molecule has 4 nitrogen and oxygen atoms in total. The van der Waals surface area contributed by atoms with Crippen LogP contribution in [0.4, 0.5) is 0 Å². The fraction of sp³-hybridized carbons (Fsp3) is 0.333. The lowest BCUT2D eigenvalue weighted by molar-refractivity contribution is 0.147. The third-order valence-electron chi connectivity index (χ3n) is 4.71. The van der Waals surface area contributed by atoms with E-state index in [0.717, 1.165) is 11.1 Å². The minimum Gasteiger partial charge on any atom is -0.395 e. The van der Waals surface area contributed by atoms with Crippen molar-refractivity contribution < 1.29 is 13.5 Å². The Morgan fingerprint density at radius 2 is 1.73 bits per heavy atom. The molecular weight excluding hydrogens is 346 g/mol. The molecule has 0 spiro atoms. The highest BCUT2D eigenvalue weighted by molar-refractivity contribution is 7.89. The Morgan fingerprint density at radius 1 is 1.15 bits per heavy atom. The largest absolute Gasteiger partial charge is 0.395 e. The van der Waals surface area contributed by atoms with Gasteiger partial charge in [0.05, 0.1) is 11.5 Å². The smallest absolute Gasteiger partial charge is 0.243 e. The van der Waals surface area contributed by atoms with E-state index in [-0.39, 0.29) is 24.1 Å². The molecule has 0 radical (unpaired) electrons. The molecular formula is C21H27NO3S. The number of hydrogen-bond donors (Lipinski definition) is 1. The van der Waals surface area contributed by atoms with Crippen molar-refractivity contribution >= 4 is 10.0 Å². The predicted octanol–water partition coefficient (Wildman–Crippen LogP) is 3.93. The summed E-state index contributed by atoms with van der Waals surface area (Å²) in [5, 5.41) is 9.77. The van der Waals surface area contributed by atoms with E-state index in [1.807, 2.05) is 44.2 Å². The molecule has 1 N–H and O–H groups in total. The number of hydrogen-bond acceptors (Lipinski definition) is 3. The second-order valence-electron chi connectivity index (χ2n) is 6.97. The highest BCUT2D eigenvalue weighted by Gasteiger charge is 2.35. The zero-order chi connectivity index (χ0) is 19.4. The summed E-state index contributed by atoms with van der Waals surface area (Å²) in [7, 11) is -3.74. The number of benzene rings is 2. The maximum absolute atomic E-state index is 13.4. The van der Waals surface area contributed by atoms with Gasteiger partial charge in [0.2, 0.25) is 10.0 Å². The third-order valence-corrected chi connectivity index (χ3v) is 6.64. The van der Waals surface area contributed by atoms with E-state index in [1.165, 1.54) is 4.31 Å². The Labute approximate surface area is 156 Å². The molecule has 26 heavy (non-hydrogen) atoms. The molecule has 1 unspecified atom stereocenters. The van der Waals surface area contributed by atoms with E-state index in [1.54, 1.807) is 37.3 Å². The molecule has 2 atom stereocenters. The first-order chi connectivity index (χ1) is 12.2. The van der Waals surface area contributed by atoms with Crippen LogP contribution in [0.15, 0.2) is 72.1 Å². The van der Waals surface area contributed by atoms with Crippen LogP contribution in [-0.4, -0.2) is 31.0 Å². The van der Waals surface area contributed by atoms with Gasteiger partial charge in [0.25, 0.3) is 0 Å². The standard InChI is InChI=1S/C21H27NO3S/c1-5-21(4,16-23)15-22(18(3)19-9-7-6-8-10-19)26(24,25)20-13-11-17(2)12-14-20/h5-14,18,23H,1,15-16H2,2-4H3/t18-,21?/m0/s1. The molecule has 0 bridgehead atoms. The van der Waals surface area contributed by atoms with Gasteiger partial charge < -0.3 is 5.11 Å². The Kier molecular flexibility index (Phi) is 6.39. The molecule has 0 saturated heterocycles. The van der Waals surface area contributed by atoms with Crippen molar-refractivity contribution in [2.45, 2.75) is 31.7 Å². The lowest BCUT2D eigenvalue weighted by Crippen LogP contribution is -2.42. The molecule has 0 aromatic heterocycles. The SMILES string of the molecule is C=CC(C)(CO)CN([C@@H](C)c1ccccc1)S(=O)(=O)c1ccc(C)cc1. The summed E-state index contributed by atoms with van der Waals surface area (Å²) in [5.74, 6) is 0. The molecule has 0 aliphatic heterocycles. The zero-order valence-corrected chi connectivity index (χ0v) is 16.4. The van der Waals surface area contributed by atoms with Crippen LogP contribution in [0.5, 0.6) is 0 Å². The molecule has 0 aliphatic carbocycles. The van der Waals surface area contributed by atoms with Gasteiger partial charge in [-0.2, -0.15) is 4.31 Å². The lowest BCUT2D eigenvalue weighted by atomic mass is 9.91. The third kappa shape index (κ3) is 4.41. The van der Waals surface area contributed by atoms with Crippen LogP contribution in [0.25, 0.3) is 0 Å². The first-order valence-electron chi connectivity index (χ1n) is 8.61. The number of nitrogens with zero attached hydrogens (tertiary/aromatic N) is 1. The maximum atomic E-state index is 13.4. The van der Waals surface area contributed by atoms with E-state index in [0.29, 0.717) is 0 Å². The quantitative estimate of drug-likeness (QED) is 0.713. The Balaban J connectivity index is 2.52. The van der Waals surface area contributed by atoms with E-state index in [2.05, 4.69) is 6.58 Å². The van der Waals surface area contributed by atoms with Crippen molar-refractivity contribution in [1.29, 1.82) is 0 Å². The number of aryl methyl sites for hydroxylation is 1. The first-order valence-corrected chi connectivity index (χ1v) is 10.1.